The van der Waals surface area contributed by atoms with Gasteiger partial charge in [0, 0.05) is 32.0 Å². The van der Waals surface area contributed by atoms with Crippen LogP contribution in [0.2, 0.25) is 0 Å². The van der Waals surface area contributed by atoms with Crippen molar-refractivity contribution < 1.29 is 9.47 Å². The number of aryl methyl sites for hydroxylation is 1. The highest BCUT2D eigenvalue weighted by Gasteiger charge is 2.23. The average Bonchev–Trinajstić information content (AvgIpc) is 2.63. The fourth-order valence-corrected chi connectivity index (χ4v) is 2.78. The zero-order valence-corrected chi connectivity index (χ0v) is 13.8. The molecule has 124 valence electrons. The van der Waals surface area contributed by atoms with Gasteiger partial charge in [-0.25, -0.2) is 4.98 Å². The van der Waals surface area contributed by atoms with E-state index >= 15 is 0 Å². The predicted molar refractivity (Wildman–Crippen MR) is 88.1 cm³/mol. The fraction of sp³-hybridized carbons (Fsp3) is 0.412. The molecule has 1 saturated heterocycles. The third-order valence-corrected chi connectivity index (χ3v) is 4.04. The number of piperidine rings is 1. The van der Waals surface area contributed by atoms with Crippen LogP contribution in [0.3, 0.4) is 0 Å². The third kappa shape index (κ3) is 3.54. The quantitative estimate of drug-likeness (QED) is 0.851. The first-order valence-corrected chi connectivity index (χ1v) is 7.85. The monoisotopic (exact) mass is 325 g/mol. The van der Waals surface area contributed by atoms with Crippen LogP contribution in [0.4, 0.5) is 5.82 Å². The Labute approximate surface area is 140 Å². The topological polar surface area (TPSA) is 84.2 Å². The van der Waals surface area contributed by atoms with Crippen molar-refractivity contribution in [1.29, 1.82) is 5.26 Å². The zero-order valence-electron chi connectivity index (χ0n) is 13.8. The number of rotatable bonds is 4. The molecular weight excluding hydrogens is 306 g/mol. The molecule has 0 saturated carbocycles. The standard InChI is InChI=1S/C17H19N5O2/c1-12-9-13(10-18)20-21-17(12)22-7-5-14(6-8-22)24-15-3-4-16(23-2)19-11-15/h3-4,9,11,14H,5-8H2,1-2H3. The number of ether oxygens (including phenoxy) is 2. The predicted octanol–water partition coefficient (Wildman–Crippen LogP) is 2.11. The number of hydrogen-bond donors (Lipinski definition) is 0. The Morgan fingerprint density at radius 2 is 2.04 bits per heavy atom. The first-order valence-electron chi connectivity index (χ1n) is 7.85. The van der Waals surface area contributed by atoms with Crippen molar-refractivity contribution >= 4 is 5.82 Å². The smallest absolute Gasteiger partial charge is 0.213 e. The molecule has 3 rings (SSSR count). The van der Waals surface area contributed by atoms with Crippen LogP contribution in [0.15, 0.2) is 24.4 Å². The normalized spacial score (nSPS) is 15.0. The minimum atomic E-state index is 0.156. The van der Waals surface area contributed by atoms with Crippen LogP contribution in [0, 0.1) is 18.3 Å². The van der Waals surface area contributed by atoms with E-state index in [0.717, 1.165) is 43.1 Å². The molecule has 24 heavy (non-hydrogen) atoms. The van der Waals surface area contributed by atoms with Crippen molar-refractivity contribution in [1.82, 2.24) is 15.2 Å². The highest BCUT2D eigenvalue weighted by Crippen LogP contribution is 2.24. The number of methoxy groups -OCH3 is 1. The molecule has 0 bridgehead atoms. The molecule has 7 nitrogen and oxygen atoms in total. The second-order valence-corrected chi connectivity index (χ2v) is 5.69. The van der Waals surface area contributed by atoms with Crippen LogP contribution < -0.4 is 14.4 Å². The summed E-state index contributed by atoms with van der Waals surface area (Å²) in [5.41, 5.74) is 1.32. The second-order valence-electron chi connectivity index (χ2n) is 5.69. The van der Waals surface area contributed by atoms with Gasteiger partial charge in [0.05, 0.1) is 13.3 Å². The molecule has 0 spiro atoms. The maximum Gasteiger partial charge on any atom is 0.213 e. The van der Waals surface area contributed by atoms with Gasteiger partial charge in [-0.2, -0.15) is 5.26 Å². The number of hydrogen-bond acceptors (Lipinski definition) is 7. The van der Waals surface area contributed by atoms with Crippen molar-refractivity contribution in [2.75, 3.05) is 25.1 Å². The van der Waals surface area contributed by atoms with E-state index in [1.165, 1.54) is 0 Å². The summed E-state index contributed by atoms with van der Waals surface area (Å²) < 4.78 is 11.0. The summed E-state index contributed by atoms with van der Waals surface area (Å²) >= 11 is 0. The van der Waals surface area contributed by atoms with E-state index in [1.54, 1.807) is 25.4 Å². The van der Waals surface area contributed by atoms with E-state index in [4.69, 9.17) is 14.7 Å². The number of nitrogens with zero attached hydrogens (tertiary/aromatic N) is 5. The number of pyridine rings is 1. The molecule has 1 fully saturated rings. The summed E-state index contributed by atoms with van der Waals surface area (Å²) in [5, 5.41) is 17.0. The Morgan fingerprint density at radius 1 is 1.25 bits per heavy atom. The van der Waals surface area contributed by atoms with E-state index in [9.17, 15) is 0 Å². The molecule has 0 aliphatic carbocycles. The Bertz CT molecular complexity index is 734. The van der Waals surface area contributed by atoms with Gasteiger partial charge in [0.1, 0.15) is 17.9 Å². The third-order valence-electron chi connectivity index (χ3n) is 4.04. The lowest BCUT2D eigenvalue weighted by molar-refractivity contribution is 0.169. The molecule has 0 N–H and O–H groups in total. The van der Waals surface area contributed by atoms with Crippen LogP contribution in [-0.2, 0) is 0 Å². The molecule has 1 aliphatic rings. The van der Waals surface area contributed by atoms with Gasteiger partial charge in [-0.1, -0.05) is 0 Å². The number of aromatic nitrogens is 3. The molecule has 0 unspecified atom stereocenters. The lowest BCUT2D eigenvalue weighted by Crippen LogP contribution is -2.39. The van der Waals surface area contributed by atoms with Gasteiger partial charge < -0.3 is 14.4 Å². The number of anilines is 1. The van der Waals surface area contributed by atoms with Crippen molar-refractivity contribution in [3.8, 4) is 17.7 Å². The molecule has 0 radical (unpaired) electrons. The molecule has 0 atom stereocenters. The highest BCUT2D eigenvalue weighted by molar-refractivity contribution is 5.47. The summed E-state index contributed by atoms with van der Waals surface area (Å²) in [6, 6.07) is 7.45. The summed E-state index contributed by atoms with van der Waals surface area (Å²) in [5.74, 6) is 2.18. The van der Waals surface area contributed by atoms with E-state index in [0.29, 0.717) is 11.6 Å². The Kier molecular flexibility index (Phi) is 4.75. The minimum Gasteiger partial charge on any atom is -0.489 e. The SMILES string of the molecule is COc1ccc(OC2CCN(c3nnc(C#N)cc3C)CC2)cn1. The van der Waals surface area contributed by atoms with E-state index in [2.05, 4.69) is 20.1 Å². The van der Waals surface area contributed by atoms with Gasteiger partial charge in [-0.15, -0.1) is 10.2 Å². The molecular formula is C17H19N5O2. The van der Waals surface area contributed by atoms with Crippen LogP contribution in [-0.4, -0.2) is 41.5 Å². The second kappa shape index (κ2) is 7.13. The molecule has 3 heterocycles. The molecule has 7 heteroatoms. The maximum absolute atomic E-state index is 8.88. The van der Waals surface area contributed by atoms with Gasteiger partial charge in [-0.3, -0.25) is 0 Å². The first kappa shape index (κ1) is 16.0. The van der Waals surface area contributed by atoms with Crippen molar-refractivity contribution in [3.05, 3.63) is 35.7 Å². The summed E-state index contributed by atoms with van der Waals surface area (Å²) in [6.45, 7) is 3.64. The molecule has 2 aromatic rings. The van der Waals surface area contributed by atoms with Gasteiger partial charge in [0.15, 0.2) is 11.5 Å². The van der Waals surface area contributed by atoms with E-state index < -0.39 is 0 Å². The van der Waals surface area contributed by atoms with E-state index in [-0.39, 0.29) is 6.10 Å². The van der Waals surface area contributed by atoms with Crippen LogP contribution in [0.1, 0.15) is 24.1 Å². The van der Waals surface area contributed by atoms with Crippen LogP contribution >= 0.6 is 0 Å². The Balaban J connectivity index is 1.58. The minimum absolute atomic E-state index is 0.156. The van der Waals surface area contributed by atoms with Gasteiger partial charge >= 0.3 is 0 Å². The first-order chi connectivity index (χ1) is 11.7. The zero-order chi connectivity index (χ0) is 16.9. The summed E-state index contributed by atoms with van der Waals surface area (Å²) in [7, 11) is 1.59. The lowest BCUT2D eigenvalue weighted by atomic mass is 10.1. The van der Waals surface area contributed by atoms with Gasteiger partial charge in [-0.05, 0) is 24.6 Å². The van der Waals surface area contributed by atoms with Crippen LogP contribution in [0.25, 0.3) is 0 Å². The molecule has 0 aromatic carbocycles. The number of nitriles is 1. The van der Waals surface area contributed by atoms with Gasteiger partial charge in [0.2, 0.25) is 5.88 Å². The Hall–Kier alpha value is -2.88. The van der Waals surface area contributed by atoms with Crippen molar-refractivity contribution in [2.24, 2.45) is 0 Å². The molecule has 2 aromatic heterocycles. The fourth-order valence-electron chi connectivity index (χ4n) is 2.78. The molecule has 1 aliphatic heterocycles. The van der Waals surface area contributed by atoms with Crippen molar-refractivity contribution in [3.63, 3.8) is 0 Å². The lowest BCUT2D eigenvalue weighted by Gasteiger charge is -2.33. The van der Waals surface area contributed by atoms with Crippen LogP contribution in [0.5, 0.6) is 11.6 Å². The maximum atomic E-state index is 8.88. The molecule has 0 amide bonds. The Morgan fingerprint density at radius 3 is 2.62 bits per heavy atom. The van der Waals surface area contributed by atoms with Crippen molar-refractivity contribution in [2.45, 2.75) is 25.9 Å². The summed E-state index contributed by atoms with van der Waals surface area (Å²) in [6.07, 6.45) is 3.63. The van der Waals surface area contributed by atoms with E-state index in [1.807, 2.05) is 19.1 Å². The van der Waals surface area contributed by atoms with Gasteiger partial charge in [0.25, 0.3) is 0 Å². The summed E-state index contributed by atoms with van der Waals surface area (Å²) in [4.78, 5) is 6.34. The average molecular weight is 325 g/mol. The highest BCUT2D eigenvalue weighted by atomic mass is 16.5. The largest absolute Gasteiger partial charge is 0.489 e.